The lowest BCUT2D eigenvalue weighted by Crippen LogP contribution is -2.45. The zero-order valence-electron chi connectivity index (χ0n) is 14.1. The topological polar surface area (TPSA) is 93.7 Å². The van der Waals surface area contributed by atoms with E-state index in [1.54, 1.807) is 20.8 Å². The van der Waals surface area contributed by atoms with Gasteiger partial charge in [-0.1, -0.05) is 0 Å². The second-order valence-corrected chi connectivity index (χ2v) is 5.52. The van der Waals surface area contributed by atoms with Gasteiger partial charge in [0.25, 0.3) is 0 Å². The van der Waals surface area contributed by atoms with Crippen molar-refractivity contribution in [3.8, 4) is 0 Å². The molecule has 1 aliphatic heterocycles. The third kappa shape index (κ3) is 5.07. The second-order valence-electron chi connectivity index (χ2n) is 5.52. The van der Waals surface area contributed by atoms with Gasteiger partial charge in [-0.15, -0.1) is 0 Å². The van der Waals surface area contributed by atoms with Gasteiger partial charge < -0.3 is 20.1 Å². The first-order valence-electron chi connectivity index (χ1n) is 7.33. The number of ether oxygens (including phenoxy) is 2. The summed E-state index contributed by atoms with van der Waals surface area (Å²) in [6, 6.07) is -1.08. The predicted molar refractivity (Wildman–Crippen MR) is 70.9 cm³/mol. The van der Waals surface area contributed by atoms with Crippen LogP contribution in [-0.2, 0) is 19.1 Å². The molecule has 1 unspecified atom stereocenters. The highest BCUT2D eigenvalue weighted by atomic mass is 16.6. The number of esters is 1. The van der Waals surface area contributed by atoms with Gasteiger partial charge in [0.05, 0.1) is 7.11 Å². The maximum atomic E-state index is 11.8. The van der Waals surface area contributed by atoms with E-state index in [2.05, 4.69) is 15.4 Å². The number of hydrogen-bond acceptors (Lipinski definition) is 5. The van der Waals surface area contributed by atoms with Crippen LogP contribution in [0.1, 0.15) is 36.4 Å². The molecule has 0 aliphatic carbocycles. The van der Waals surface area contributed by atoms with Crippen molar-refractivity contribution in [3.63, 3.8) is 0 Å². The summed E-state index contributed by atoms with van der Waals surface area (Å²) in [7, 11) is 1.17. The molecule has 0 spiro atoms. The lowest BCUT2D eigenvalue weighted by molar-refractivity contribution is -0.143. The Morgan fingerprint density at radius 3 is 2.65 bits per heavy atom. The standard InChI is InChI=1S/C13H22N2O5/c1-13(2,3)20-12(18)15-9(11(17)19-4)7-8-5-6-14-10(8)16/h8-9H,5-7H2,1-4H3,(H,14,16)(H,15,18)/t8?,9-/m0/s1/i6D2. The first kappa shape index (κ1) is 13.2. The van der Waals surface area contributed by atoms with Gasteiger partial charge in [-0.25, -0.2) is 9.59 Å². The Balaban J connectivity index is 2.72. The fourth-order valence-electron chi connectivity index (χ4n) is 1.74. The van der Waals surface area contributed by atoms with Crippen LogP contribution in [-0.4, -0.2) is 43.2 Å². The lowest BCUT2D eigenvalue weighted by Gasteiger charge is -2.23. The smallest absolute Gasteiger partial charge is 0.408 e. The summed E-state index contributed by atoms with van der Waals surface area (Å²) in [5, 5.41) is 4.56. The van der Waals surface area contributed by atoms with Crippen LogP contribution in [0.5, 0.6) is 0 Å². The summed E-state index contributed by atoms with van der Waals surface area (Å²) < 4.78 is 24.7. The third-order valence-electron chi connectivity index (χ3n) is 2.63. The highest BCUT2D eigenvalue weighted by molar-refractivity contribution is 5.84. The van der Waals surface area contributed by atoms with Crippen LogP contribution in [0, 0.1) is 5.92 Å². The van der Waals surface area contributed by atoms with Gasteiger partial charge in [-0.3, -0.25) is 4.79 Å². The number of rotatable bonds is 4. The average molecular weight is 288 g/mol. The molecule has 7 nitrogen and oxygen atoms in total. The van der Waals surface area contributed by atoms with E-state index in [-0.39, 0.29) is 12.8 Å². The van der Waals surface area contributed by atoms with Crippen molar-refractivity contribution in [2.24, 2.45) is 5.92 Å². The van der Waals surface area contributed by atoms with E-state index < -0.39 is 42.0 Å². The Hall–Kier alpha value is -1.79. The molecule has 2 amide bonds. The molecule has 1 heterocycles. The lowest BCUT2D eigenvalue weighted by atomic mass is 9.98. The summed E-state index contributed by atoms with van der Waals surface area (Å²) in [6.45, 7) is 3.23. The number of carbonyl (C=O) groups is 3. The number of hydrogen-bond donors (Lipinski definition) is 2. The van der Waals surface area contributed by atoms with E-state index >= 15 is 0 Å². The van der Waals surface area contributed by atoms with Gasteiger partial charge >= 0.3 is 12.1 Å². The molecule has 1 aliphatic rings. The molecule has 1 fully saturated rings. The Bertz CT molecular complexity index is 462. The summed E-state index contributed by atoms with van der Waals surface area (Å²) in [4.78, 5) is 35.2. The SMILES string of the molecule is [2H]C1([2H])CC(C[C@H](NC(=O)OC(C)(C)C)C(=O)OC)C(=O)N1. The van der Waals surface area contributed by atoms with E-state index in [1.165, 1.54) is 7.11 Å². The molecule has 20 heavy (non-hydrogen) atoms. The molecular formula is C13H22N2O5. The number of nitrogens with one attached hydrogen (secondary N) is 2. The molecule has 0 radical (unpaired) electrons. The zero-order valence-corrected chi connectivity index (χ0v) is 12.1. The van der Waals surface area contributed by atoms with Crippen LogP contribution >= 0.6 is 0 Å². The Labute approximate surface area is 121 Å². The number of methoxy groups -OCH3 is 1. The number of alkyl carbamates (subject to hydrolysis) is 1. The minimum atomic E-state index is -1.81. The molecule has 2 N–H and O–H groups in total. The molecule has 0 aromatic rings. The molecule has 0 aromatic heterocycles. The van der Waals surface area contributed by atoms with Gasteiger partial charge in [0.1, 0.15) is 11.6 Å². The molecule has 7 heteroatoms. The third-order valence-corrected chi connectivity index (χ3v) is 2.63. The van der Waals surface area contributed by atoms with E-state index in [9.17, 15) is 14.4 Å². The summed E-state index contributed by atoms with van der Waals surface area (Å²) in [5.41, 5.74) is -0.729. The first-order chi connectivity index (χ1) is 9.93. The van der Waals surface area contributed by atoms with Crippen molar-refractivity contribution in [2.45, 2.75) is 45.3 Å². The monoisotopic (exact) mass is 288 g/mol. The van der Waals surface area contributed by atoms with Crippen molar-refractivity contribution in [1.29, 1.82) is 0 Å². The first-order valence-corrected chi connectivity index (χ1v) is 6.33. The Kier molecular flexibility index (Phi) is 4.35. The van der Waals surface area contributed by atoms with E-state index in [1.807, 2.05) is 0 Å². The van der Waals surface area contributed by atoms with Crippen LogP contribution in [0.3, 0.4) is 0 Å². The molecule has 114 valence electrons. The van der Waals surface area contributed by atoms with Crippen LogP contribution in [0.4, 0.5) is 4.79 Å². The second kappa shape index (κ2) is 6.58. The van der Waals surface area contributed by atoms with Crippen molar-refractivity contribution in [2.75, 3.05) is 13.6 Å². The summed E-state index contributed by atoms with van der Waals surface area (Å²) >= 11 is 0. The van der Waals surface area contributed by atoms with Gasteiger partial charge in [0.15, 0.2) is 0 Å². The fraction of sp³-hybridized carbons (Fsp3) is 0.769. The van der Waals surface area contributed by atoms with Crippen molar-refractivity contribution in [3.05, 3.63) is 0 Å². The number of amides is 2. The highest BCUT2D eigenvalue weighted by Crippen LogP contribution is 2.17. The normalized spacial score (nSPS) is 24.0. The number of carbonyl (C=O) groups excluding carboxylic acids is 3. The summed E-state index contributed by atoms with van der Waals surface area (Å²) in [5.74, 6) is -1.94. The van der Waals surface area contributed by atoms with Crippen LogP contribution in [0.25, 0.3) is 0 Å². The highest BCUT2D eigenvalue weighted by Gasteiger charge is 2.32. The van der Waals surface area contributed by atoms with Gasteiger partial charge in [-0.2, -0.15) is 0 Å². The van der Waals surface area contributed by atoms with Crippen molar-refractivity contribution in [1.82, 2.24) is 10.6 Å². The minimum absolute atomic E-state index is 0.0583. The Morgan fingerprint density at radius 1 is 1.55 bits per heavy atom. The van der Waals surface area contributed by atoms with E-state index in [0.29, 0.717) is 0 Å². The fourth-order valence-corrected chi connectivity index (χ4v) is 1.74. The molecule has 0 bridgehead atoms. The molecule has 1 saturated heterocycles. The zero-order chi connectivity index (χ0) is 17.1. The molecule has 2 atom stereocenters. The Morgan fingerprint density at radius 2 is 2.20 bits per heavy atom. The quantitative estimate of drug-likeness (QED) is 0.738. The maximum Gasteiger partial charge on any atom is 0.408 e. The molecule has 0 aromatic carbocycles. The predicted octanol–water partition coefficient (Wildman–Crippen LogP) is 0.579. The van der Waals surface area contributed by atoms with Crippen molar-refractivity contribution >= 4 is 18.0 Å². The van der Waals surface area contributed by atoms with Gasteiger partial charge in [0, 0.05) is 15.2 Å². The van der Waals surface area contributed by atoms with Gasteiger partial charge in [-0.05, 0) is 33.6 Å². The van der Waals surface area contributed by atoms with Crippen LogP contribution in [0.15, 0.2) is 0 Å². The van der Waals surface area contributed by atoms with E-state index in [4.69, 9.17) is 7.48 Å². The van der Waals surface area contributed by atoms with Crippen molar-refractivity contribution < 1.29 is 26.6 Å². The molecule has 0 saturated carbocycles. The largest absolute Gasteiger partial charge is 0.467 e. The molecular weight excluding hydrogens is 264 g/mol. The van der Waals surface area contributed by atoms with Crippen LogP contribution in [0.2, 0.25) is 0 Å². The average Bonchev–Trinajstić information content (AvgIpc) is 2.58. The maximum absolute atomic E-state index is 11.8. The van der Waals surface area contributed by atoms with Crippen LogP contribution < -0.4 is 10.6 Å². The summed E-state index contributed by atoms with van der Waals surface area (Å²) in [6.07, 6.45) is -0.934. The molecule has 1 rings (SSSR count). The van der Waals surface area contributed by atoms with E-state index in [0.717, 1.165) is 0 Å². The minimum Gasteiger partial charge on any atom is -0.467 e. The van der Waals surface area contributed by atoms with Gasteiger partial charge in [0.2, 0.25) is 5.91 Å².